The van der Waals surface area contributed by atoms with E-state index in [0.717, 1.165) is 44.7 Å². The van der Waals surface area contributed by atoms with Crippen LogP contribution < -0.4 is 9.80 Å². The van der Waals surface area contributed by atoms with Crippen LogP contribution in [-0.4, -0.2) is 101 Å². The van der Waals surface area contributed by atoms with Gasteiger partial charge in [-0.05, 0) is 35.7 Å². The van der Waals surface area contributed by atoms with E-state index >= 15 is 0 Å². The number of aromatic hydroxyl groups is 1. The average molecular weight is 507 g/mol. The lowest BCUT2D eigenvalue weighted by Crippen LogP contribution is -2.48. The number of rotatable bonds is 9. The molecule has 0 spiro atoms. The van der Waals surface area contributed by atoms with Crippen LogP contribution in [0, 0.1) is 0 Å². The van der Waals surface area contributed by atoms with Crippen LogP contribution >= 0.6 is 0 Å². The molecule has 3 heterocycles. The van der Waals surface area contributed by atoms with Crippen LogP contribution in [0.1, 0.15) is 17.2 Å². The Labute approximate surface area is 216 Å². The minimum absolute atomic E-state index is 0.0298. The molecule has 0 bridgehead atoms. The summed E-state index contributed by atoms with van der Waals surface area (Å²) in [4.78, 5) is 20.0. The highest BCUT2D eigenvalue weighted by atomic mass is 16.5. The number of anilines is 2. The standard InChI is InChI=1S/C27H34N6O4/c34-14-16-37-15-13-31-9-11-32(12-10-31)27-29-19-28-26(30-27)21-5-6-23(25(36)17-21)33-8-7-20-3-1-2-4-22(20)24(33)18-35/h1-6,17,19,24,34-36H,7-16,18H2/t24-/m0/s1. The lowest BCUT2D eigenvalue weighted by atomic mass is 9.92. The van der Waals surface area contributed by atoms with Gasteiger partial charge >= 0.3 is 0 Å². The van der Waals surface area contributed by atoms with Crippen molar-refractivity contribution in [2.24, 2.45) is 0 Å². The van der Waals surface area contributed by atoms with Crippen molar-refractivity contribution in [3.8, 4) is 17.1 Å². The van der Waals surface area contributed by atoms with Gasteiger partial charge in [0.1, 0.15) is 12.1 Å². The van der Waals surface area contributed by atoms with Gasteiger partial charge in [-0.25, -0.2) is 9.97 Å². The first kappa shape index (κ1) is 25.3. The molecule has 3 aromatic rings. The van der Waals surface area contributed by atoms with Gasteiger partial charge in [-0.3, -0.25) is 4.90 Å². The zero-order chi connectivity index (χ0) is 25.6. The number of phenols is 1. The smallest absolute Gasteiger partial charge is 0.228 e. The molecule has 10 heteroatoms. The van der Waals surface area contributed by atoms with Crippen molar-refractivity contribution in [3.05, 3.63) is 59.9 Å². The third-order valence-electron chi connectivity index (χ3n) is 7.13. The van der Waals surface area contributed by atoms with Gasteiger partial charge in [-0.1, -0.05) is 24.3 Å². The van der Waals surface area contributed by atoms with Crippen molar-refractivity contribution in [1.82, 2.24) is 19.9 Å². The van der Waals surface area contributed by atoms with Crippen LogP contribution in [0.25, 0.3) is 11.4 Å². The van der Waals surface area contributed by atoms with Crippen molar-refractivity contribution < 1.29 is 20.1 Å². The van der Waals surface area contributed by atoms with Crippen LogP contribution in [0.3, 0.4) is 0 Å². The van der Waals surface area contributed by atoms with Gasteiger partial charge in [0.2, 0.25) is 5.95 Å². The number of benzene rings is 2. The van der Waals surface area contributed by atoms with Crippen LogP contribution in [0.5, 0.6) is 5.75 Å². The second-order valence-electron chi connectivity index (χ2n) is 9.32. The summed E-state index contributed by atoms with van der Waals surface area (Å²) in [6, 6.07) is 13.4. The van der Waals surface area contributed by atoms with Crippen LogP contribution in [0.4, 0.5) is 11.6 Å². The Hall–Kier alpha value is -3.31. The number of aliphatic hydroxyl groups is 2. The van der Waals surface area contributed by atoms with E-state index in [2.05, 4.69) is 30.7 Å². The summed E-state index contributed by atoms with van der Waals surface area (Å²) >= 11 is 0. The lowest BCUT2D eigenvalue weighted by molar-refractivity contribution is 0.0724. The summed E-state index contributed by atoms with van der Waals surface area (Å²) in [5.41, 5.74) is 3.73. The van der Waals surface area contributed by atoms with E-state index in [1.807, 2.05) is 30.3 Å². The van der Waals surface area contributed by atoms with Gasteiger partial charge < -0.3 is 29.9 Å². The zero-order valence-corrected chi connectivity index (χ0v) is 20.9. The fourth-order valence-electron chi connectivity index (χ4n) is 5.15. The van der Waals surface area contributed by atoms with Crippen LogP contribution in [0.15, 0.2) is 48.8 Å². The quantitative estimate of drug-likeness (QED) is 0.368. The normalized spacial score (nSPS) is 18.2. The number of fused-ring (bicyclic) bond motifs is 1. The van der Waals surface area contributed by atoms with E-state index in [-0.39, 0.29) is 25.0 Å². The first-order valence-corrected chi connectivity index (χ1v) is 12.8. The third-order valence-corrected chi connectivity index (χ3v) is 7.13. The molecular formula is C27H34N6O4. The predicted octanol–water partition coefficient (Wildman–Crippen LogP) is 1.47. The molecule has 5 rings (SSSR count). The van der Waals surface area contributed by atoms with E-state index in [0.29, 0.717) is 42.8 Å². The highest BCUT2D eigenvalue weighted by molar-refractivity contribution is 5.69. The molecular weight excluding hydrogens is 472 g/mol. The number of hydrogen-bond acceptors (Lipinski definition) is 10. The van der Waals surface area contributed by atoms with Gasteiger partial charge in [-0.15, -0.1) is 0 Å². The van der Waals surface area contributed by atoms with Gasteiger partial charge in [0.15, 0.2) is 5.82 Å². The minimum Gasteiger partial charge on any atom is -0.506 e. The summed E-state index contributed by atoms with van der Waals surface area (Å²) in [6.45, 7) is 5.90. The van der Waals surface area contributed by atoms with E-state index < -0.39 is 0 Å². The molecule has 0 unspecified atom stereocenters. The number of nitrogens with zero attached hydrogens (tertiary/aromatic N) is 6. The molecule has 0 aliphatic carbocycles. The van der Waals surface area contributed by atoms with Crippen LogP contribution in [-0.2, 0) is 11.2 Å². The monoisotopic (exact) mass is 506 g/mol. The van der Waals surface area contributed by atoms with Crippen molar-refractivity contribution in [2.75, 3.05) is 75.5 Å². The summed E-state index contributed by atoms with van der Waals surface area (Å²) in [5.74, 6) is 1.27. The minimum atomic E-state index is -0.203. The highest BCUT2D eigenvalue weighted by Gasteiger charge is 2.28. The Morgan fingerprint density at radius 1 is 0.946 bits per heavy atom. The Bertz CT molecular complexity index is 1190. The predicted molar refractivity (Wildman–Crippen MR) is 141 cm³/mol. The van der Waals surface area contributed by atoms with Gasteiger partial charge in [0, 0.05) is 44.8 Å². The van der Waals surface area contributed by atoms with Gasteiger partial charge in [-0.2, -0.15) is 4.98 Å². The number of piperazine rings is 1. The fraction of sp³-hybridized carbons (Fsp3) is 0.444. The van der Waals surface area contributed by atoms with E-state index in [4.69, 9.17) is 14.8 Å². The third kappa shape index (κ3) is 5.67. The van der Waals surface area contributed by atoms with Gasteiger partial charge in [0.25, 0.3) is 0 Å². The van der Waals surface area contributed by atoms with Crippen LogP contribution in [0.2, 0.25) is 0 Å². The second kappa shape index (κ2) is 11.8. The molecule has 3 N–H and O–H groups in total. The number of aliphatic hydroxyl groups excluding tert-OH is 2. The lowest BCUT2D eigenvalue weighted by Gasteiger charge is -2.38. The molecule has 2 aliphatic heterocycles. The second-order valence-corrected chi connectivity index (χ2v) is 9.32. The van der Waals surface area contributed by atoms with Crippen molar-refractivity contribution in [2.45, 2.75) is 12.5 Å². The summed E-state index contributed by atoms with van der Waals surface area (Å²) in [7, 11) is 0. The molecule has 1 aromatic heterocycles. The summed E-state index contributed by atoms with van der Waals surface area (Å²) in [6.07, 6.45) is 2.37. The summed E-state index contributed by atoms with van der Waals surface area (Å²) < 4.78 is 5.37. The van der Waals surface area contributed by atoms with Gasteiger partial charge in [0.05, 0.1) is 38.2 Å². The molecule has 196 valence electrons. The number of phenolic OH excluding ortho intramolecular Hbond substituents is 1. The molecule has 2 aliphatic rings. The molecule has 0 amide bonds. The largest absolute Gasteiger partial charge is 0.506 e. The molecule has 1 saturated heterocycles. The first-order chi connectivity index (χ1) is 18.2. The Morgan fingerprint density at radius 2 is 1.78 bits per heavy atom. The molecule has 0 radical (unpaired) electrons. The molecule has 37 heavy (non-hydrogen) atoms. The fourth-order valence-corrected chi connectivity index (χ4v) is 5.15. The zero-order valence-electron chi connectivity index (χ0n) is 20.9. The van der Waals surface area contributed by atoms with E-state index in [1.54, 1.807) is 6.07 Å². The topological polar surface area (TPSA) is 118 Å². The van der Waals surface area contributed by atoms with Crippen molar-refractivity contribution >= 4 is 11.6 Å². The highest BCUT2D eigenvalue weighted by Crippen LogP contribution is 2.39. The maximum Gasteiger partial charge on any atom is 0.228 e. The maximum absolute atomic E-state index is 11.0. The van der Waals surface area contributed by atoms with E-state index in [1.165, 1.54) is 11.9 Å². The molecule has 10 nitrogen and oxygen atoms in total. The SMILES string of the molecule is OCCOCCN1CCN(c2ncnc(-c3ccc(N4CCc5ccccc5[C@@H]4CO)c(O)c3)n2)CC1. The van der Waals surface area contributed by atoms with E-state index in [9.17, 15) is 10.2 Å². The molecule has 2 aromatic carbocycles. The Balaban J connectivity index is 1.27. The number of aromatic nitrogens is 3. The number of ether oxygens (including phenoxy) is 1. The molecule has 1 atom stereocenters. The average Bonchev–Trinajstić information content (AvgIpc) is 2.95. The maximum atomic E-state index is 11.0. The van der Waals surface area contributed by atoms with Crippen molar-refractivity contribution in [1.29, 1.82) is 0 Å². The Morgan fingerprint density at radius 3 is 2.57 bits per heavy atom. The van der Waals surface area contributed by atoms with Crippen molar-refractivity contribution in [3.63, 3.8) is 0 Å². The number of hydrogen-bond donors (Lipinski definition) is 3. The molecule has 0 saturated carbocycles. The summed E-state index contributed by atoms with van der Waals surface area (Å²) in [5, 5.41) is 30.0. The Kier molecular flexibility index (Phi) is 8.10. The molecule has 1 fully saturated rings. The first-order valence-electron chi connectivity index (χ1n) is 12.8.